The Labute approximate surface area is 112 Å². The van der Waals surface area contributed by atoms with Crippen molar-refractivity contribution in [2.24, 2.45) is 5.73 Å². The number of anilines is 1. The normalized spacial score (nSPS) is 10.0. The second-order valence-corrected chi connectivity index (χ2v) is 4.47. The summed E-state index contributed by atoms with van der Waals surface area (Å²) in [5, 5.41) is 5.42. The molecule has 0 heterocycles. The van der Waals surface area contributed by atoms with Crippen LogP contribution in [-0.2, 0) is 0 Å². The number of urea groups is 1. The van der Waals surface area contributed by atoms with E-state index in [1.165, 1.54) is 7.11 Å². The highest BCUT2D eigenvalue weighted by molar-refractivity contribution is 7.80. The van der Waals surface area contributed by atoms with Crippen molar-refractivity contribution in [3.63, 3.8) is 0 Å². The summed E-state index contributed by atoms with van der Waals surface area (Å²) in [6.07, 6.45) is 0. The van der Waals surface area contributed by atoms with Crippen LogP contribution < -0.4 is 21.1 Å². The summed E-state index contributed by atoms with van der Waals surface area (Å²) in [4.78, 5) is 11.9. The molecule has 1 rings (SSSR count). The molecule has 18 heavy (non-hydrogen) atoms. The second kappa shape index (κ2) is 6.20. The minimum absolute atomic E-state index is 0.0619. The summed E-state index contributed by atoms with van der Waals surface area (Å²) in [5.41, 5.74) is 6.79. The van der Waals surface area contributed by atoms with E-state index in [1.54, 1.807) is 18.2 Å². The average molecular weight is 267 g/mol. The van der Waals surface area contributed by atoms with Crippen molar-refractivity contribution in [1.82, 2.24) is 5.32 Å². The molecule has 2 amide bonds. The molecule has 4 N–H and O–H groups in total. The highest BCUT2D eigenvalue weighted by Gasteiger charge is 2.09. The zero-order chi connectivity index (χ0) is 13.7. The van der Waals surface area contributed by atoms with Gasteiger partial charge in [-0.25, -0.2) is 4.79 Å². The molecule has 1 aromatic carbocycles. The van der Waals surface area contributed by atoms with E-state index in [4.69, 9.17) is 22.7 Å². The van der Waals surface area contributed by atoms with Crippen LogP contribution in [0.4, 0.5) is 10.5 Å². The quantitative estimate of drug-likeness (QED) is 0.728. The van der Waals surface area contributed by atoms with Crippen LogP contribution in [0.1, 0.15) is 19.4 Å². The minimum atomic E-state index is -0.286. The number of nitrogens with one attached hydrogen (secondary N) is 2. The van der Waals surface area contributed by atoms with Crippen molar-refractivity contribution in [2.45, 2.75) is 19.9 Å². The van der Waals surface area contributed by atoms with Crippen LogP contribution in [0.5, 0.6) is 5.75 Å². The fourth-order valence-electron chi connectivity index (χ4n) is 1.37. The molecule has 0 saturated carbocycles. The molecule has 0 aliphatic heterocycles. The van der Waals surface area contributed by atoms with Gasteiger partial charge in [-0.1, -0.05) is 12.2 Å². The van der Waals surface area contributed by atoms with E-state index in [0.717, 1.165) is 0 Å². The van der Waals surface area contributed by atoms with Crippen LogP contribution in [0.25, 0.3) is 0 Å². The first-order valence-corrected chi connectivity index (χ1v) is 5.90. The van der Waals surface area contributed by atoms with E-state index in [9.17, 15) is 4.79 Å². The van der Waals surface area contributed by atoms with Crippen molar-refractivity contribution in [2.75, 3.05) is 12.4 Å². The average Bonchev–Trinajstić information content (AvgIpc) is 2.27. The van der Waals surface area contributed by atoms with Crippen LogP contribution in [0, 0.1) is 0 Å². The topological polar surface area (TPSA) is 76.4 Å². The fraction of sp³-hybridized carbons (Fsp3) is 0.333. The molecule has 0 atom stereocenters. The largest absolute Gasteiger partial charge is 0.495 e. The Morgan fingerprint density at radius 2 is 2.11 bits per heavy atom. The fourth-order valence-corrected chi connectivity index (χ4v) is 1.50. The lowest BCUT2D eigenvalue weighted by molar-refractivity contribution is 0.250. The highest BCUT2D eigenvalue weighted by atomic mass is 32.1. The van der Waals surface area contributed by atoms with E-state index in [1.807, 2.05) is 13.8 Å². The Bertz CT molecular complexity index is 461. The number of nitrogens with two attached hydrogens (primary N) is 1. The molecule has 0 aliphatic rings. The van der Waals surface area contributed by atoms with Gasteiger partial charge in [0.15, 0.2) is 0 Å². The van der Waals surface area contributed by atoms with Gasteiger partial charge in [0.1, 0.15) is 10.7 Å². The molecule has 98 valence electrons. The van der Waals surface area contributed by atoms with Crippen molar-refractivity contribution >= 4 is 28.9 Å². The SMILES string of the molecule is COc1cc(C(N)=S)ccc1NC(=O)NC(C)C. The van der Waals surface area contributed by atoms with Crippen LogP contribution in [0.2, 0.25) is 0 Å². The van der Waals surface area contributed by atoms with E-state index in [2.05, 4.69) is 10.6 Å². The molecule has 6 heteroatoms. The number of hydrogen-bond donors (Lipinski definition) is 3. The number of carbonyl (C=O) groups is 1. The molecular formula is C12H17N3O2S. The van der Waals surface area contributed by atoms with Gasteiger partial charge in [-0.2, -0.15) is 0 Å². The number of ether oxygens (including phenoxy) is 1. The van der Waals surface area contributed by atoms with Gasteiger partial charge in [-0.05, 0) is 32.0 Å². The van der Waals surface area contributed by atoms with Crippen molar-refractivity contribution < 1.29 is 9.53 Å². The van der Waals surface area contributed by atoms with Gasteiger partial charge in [0.2, 0.25) is 0 Å². The summed E-state index contributed by atoms with van der Waals surface area (Å²) < 4.78 is 5.18. The predicted octanol–water partition coefficient (Wildman–Crippen LogP) is 1.86. The Balaban J connectivity index is 2.89. The van der Waals surface area contributed by atoms with Gasteiger partial charge < -0.3 is 21.1 Å². The summed E-state index contributed by atoms with van der Waals surface area (Å²) in [6, 6.07) is 4.90. The first-order valence-electron chi connectivity index (χ1n) is 5.49. The van der Waals surface area contributed by atoms with Crippen LogP contribution >= 0.6 is 12.2 Å². The lowest BCUT2D eigenvalue weighted by Gasteiger charge is -2.13. The minimum Gasteiger partial charge on any atom is -0.495 e. The van der Waals surface area contributed by atoms with E-state index in [-0.39, 0.29) is 17.1 Å². The molecule has 0 fully saturated rings. The van der Waals surface area contributed by atoms with Gasteiger partial charge in [-0.15, -0.1) is 0 Å². The number of amides is 2. The van der Waals surface area contributed by atoms with Gasteiger partial charge in [0.25, 0.3) is 0 Å². The summed E-state index contributed by atoms with van der Waals surface area (Å²) >= 11 is 4.88. The van der Waals surface area contributed by atoms with Crippen molar-refractivity contribution in [3.8, 4) is 5.75 Å². The van der Waals surface area contributed by atoms with Crippen LogP contribution in [0.15, 0.2) is 18.2 Å². The second-order valence-electron chi connectivity index (χ2n) is 4.03. The van der Waals surface area contributed by atoms with Gasteiger partial charge in [0.05, 0.1) is 12.8 Å². The number of carbonyl (C=O) groups excluding carboxylic acids is 1. The molecule has 0 saturated heterocycles. The third-order valence-corrected chi connectivity index (χ3v) is 2.39. The molecule has 0 aromatic heterocycles. The van der Waals surface area contributed by atoms with E-state index < -0.39 is 0 Å². The Morgan fingerprint density at radius 1 is 1.44 bits per heavy atom. The van der Waals surface area contributed by atoms with Crippen LogP contribution in [-0.4, -0.2) is 24.2 Å². The molecule has 0 radical (unpaired) electrons. The van der Waals surface area contributed by atoms with Crippen LogP contribution in [0.3, 0.4) is 0 Å². The zero-order valence-corrected chi connectivity index (χ0v) is 11.4. The van der Waals surface area contributed by atoms with Gasteiger partial charge in [0, 0.05) is 11.6 Å². The standard InChI is InChI=1S/C12H17N3O2S/c1-7(2)14-12(16)15-9-5-4-8(11(13)18)6-10(9)17-3/h4-7H,1-3H3,(H2,13,18)(H2,14,15,16). The number of benzene rings is 1. The maximum atomic E-state index is 11.6. The zero-order valence-electron chi connectivity index (χ0n) is 10.6. The number of thiocarbonyl (C=S) groups is 1. The van der Waals surface area contributed by atoms with Gasteiger partial charge >= 0.3 is 6.03 Å². The van der Waals surface area contributed by atoms with Gasteiger partial charge in [-0.3, -0.25) is 0 Å². The van der Waals surface area contributed by atoms with E-state index >= 15 is 0 Å². The molecule has 0 unspecified atom stereocenters. The molecule has 0 aliphatic carbocycles. The lowest BCUT2D eigenvalue weighted by atomic mass is 10.2. The summed E-state index contributed by atoms with van der Waals surface area (Å²) in [5.74, 6) is 0.513. The maximum absolute atomic E-state index is 11.6. The Morgan fingerprint density at radius 3 is 2.61 bits per heavy atom. The number of methoxy groups -OCH3 is 1. The number of hydrogen-bond acceptors (Lipinski definition) is 3. The first kappa shape index (κ1) is 14.2. The van der Waals surface area contributed by atoms with E-state index in [0.29, 0.717) is 17.0 Å². The predicted molar refractivity (Wildman–Crippen MR) is 76.2 cm³/mol. The Kier molecular flexibility index (Phi) is 4.91. The molecular weight excluding hydrogens is 250 g/mol. The smallest absolute Gasteiger partial charge is 0.319 e. The first-order chi connectivity index (χ1) is 8.43. The van der Waals surface area contributed by atoms with Crippen molar-refractivity contribution in [3.05, 3.63) is 23.8 Å². The summed E-state index contributed by atoms with van der Waals surface area (Å²) in [6.45, 7) is 3.76. The highest BCUT2D eigenvalue weighted by Crippen LogP contribution is 2.25. The lowest BCUT2D eigenvalue weighted by Crippen LogP contribution is -2.34. The molecule has 5 nitrogen and oxygen atoms in total. The molecule has 0 bridgehead atoms. The third kappa shape index (κ3) is 3.89. The van der Waals surface area contributed by atoms with Crippen molar-refractivity contribution in [1.29, 1.82) is 0 Å². The molecule has 1 aromatic rings. The number of rotatable bonds is 4. The monoisotopic (exact) mass is 267 g/mol. The summed E-state index contributed by atoms with van der Waals surface area (Å²) in [7, 11) is 1.52. The Hall–Kier alpha value is -1.82. The third-order valence-electron chi connectivity index (χ3n) is 2.15. The maximum Gasteiger partial charge on any atom is 0.319 e. The molecule has 0 spiro atoms.